The first kappa shape index (κ1) is 19.1. The first-order chi connectivity index (χ1) is 13.4. The molecule has 2 saturated heterocycles. The van der Waals surface area contributed by atoms with Crippen LogP contribution >= 0.6 is 0 Å². The van der Waals surface area contributed by atoms with Gasteiger partial charge in [0.1, 0.15) is 6.10 Å². The van der Waals surface area contributed by atoms with Crippen LogP contribution in [0.15, 0.2) is 54.6 Å². The average molecular weight is 381 g/mol. The van der Waals surface area contributed by atoms with Crippen LogP contribution in [0.3, 0.4) is 0 Å². The van der Waals surface area contributed by atoms with Crippen LogP contribution in [0.25, 0.3) is 11.1 Å². The zero-order valence-corrected chi connectivity index (χ0v) is 16.2. The molecule has 0 saturated carbocycles. The van der Waals surface area contributed by atoms with Crippen molar-refractivity contribution >= 4 is 5.91 Å². The van der Waals surface area contributed by atoms with Gasteiger partial charge in [0, 0.05) is 25.1 Å². The van der Waals surface area contributed by atoms with Crippen molar-refractivity contribution in [3.63, 3.8) is 0 Å². The SMILES string of the molecule is C[C@]1(O)CC2(CCN(C(=O)c3cccc(-c4ccccc4)c3)CC2)OC[C@@H]1O. The molecule has 2 aliphatic rings. The molecular formula is C23H27NO4. The Morgan fingerprint density at radius 2 is 1.75 bits per heavy atom. The largest absolute Gasteiger partial charge is 0.388 e. The number of piperidine rings is 1. The summed E-state index contributed by atoms with van der Waals surface area (Å²) in [5, 5.41) is 20.4. The number of aliphatic hydroxyl groups excluding tert-OH is 1. The highest BCUT2D eigenvalue weighted by Crippen LogP contribution is 2.39. The molecule has 28 heavy (non-hydrogen) atoms. The van der Waals surface area contributed by atoms with E-state index in [9.17, 15) is 15.0 Å². The summed E-state index contributed by atoms with van der Waals surface area (Å²) in [6.07, 6.45) is 0.866. The summed E-state index contributed by atoms with van der Waals surface area (Å²) in [6, 6.07) is 17.8. The third-order valence-corrected chi connectivity index (χ3v) is 6.12. The maximum atomic E-state index is 13.0. The van der Waals surface area contributed by atoms with Gasteiger partial charge in [0.2, 0.25) is 0 Å². The van der Waals surface area contributed by atoms with Crippen LogP contribution in [-0.4, -0.2) is 58.0 Å². The van der Waals surface area contributed by atoms with Crippen molar-refractivity contribution in [2.24, 2.45) is 0 Å². The van der Waals surface area contributed by atoms with E-state index in [-0.39, 0.29) is 12.5 Å². The minimum atomic E-state index is -1.14. The minimum absolute atomic E-state index is 0.0234. The van der Waals surface area contributed by atoms with Gasteiger partial charge in [-0.2, -0.15) is 0 Å². The molecule has 2 aliphatic heterocycles. The number of carbonyl (C=O) groups is 1. The van der Waals surface area contributed by atoms with Crippen molar-refractivity contribution in [3.8, 4) is 11.1 Å². The average Bonchev–Trinajstić information content (AvgIpc) is 2.72. The second kappa shape index (κ2) is 7.32. The lowest BCUT2D eigenvalue weighted by atomic mass is 9.76. The minimum Gasteiger partial charge on any atom is -0.388 e. The van der Waals surface area contributed by atoms with Gasteiger partial charge < -0.3 is 19.8 Å². The summed E-state index contributed by atoms with van der Waals surface area (Å²) in [4.78, 5) is 14.9. The van der Waals surface area contributed by atoms with Gasteiger partial charge in [-0.05, 0) is 43.0 Å². The number of carbonyl (C=O) groups excluding carboxylic acids is 1. The zero-order valence-electron chi connectivity index (χ0n) is 16.2. The molecule has 0 bridgehead atoms. The van der Waals surface area contributed by atoms with E-state index in [1.54, 1.807) is 6.92 Å². The molecular weight excluding hydrogens is 354 g/mol. The second-order valence-electron chi connectivity index (χ2n) is 8.28. The second-order valence-corrected chi connectivity index (χ2v) is 8.28. The Bertz CT molecular complexity index is 841. The molecule has 0 aromatic heterocycles. The van der Waals surface area contributed by atoms with Gasteiger partial charge in [0.15, 0.2) is 0 Å². The molecule has 0 unspecified atom stereocenters. The Hall–Kier alpha value is -2.21. The number of amides is 1. The summed E-state index contributed by atoms with van der Waals surface area (Å²) in [6.45, 7) is 2.97. The van der Waals surface area contributed by atoms with Gasteiger partial charge in [0.05, 0.1) is 17.8 Å². The predicted octanol–water partition coefficient (Wildman–Crippen LogP) is 2.86. The number of aliphatic hydroxyl groups is 2. The Labute approximate surface area is 165 Å². The smallest absolute Gasteiger partial charge is 0.253 e. The number of rotatable bonds is 2. The van der Waals surface area contributed by atoms with Crippen molar-refractivity contribution in [2.45, 2.75) is 43.5 Å². The summed E-state index contributed by atoms with van der Waals surface area (Å²) >= 11 is 0. The molecule has 5 nitrogen and oxygen atoms in total. The number of benzene rings is 2. The molecule has 2 aromatic rings. The van der Waals surface area contributed by atoms with E-state index in [0.717, 1.165) is 11.1 Å². The predicted molar refractivity (Wildman–Crippen MR) is 107 cm³/mol. The number of hydrogen-bond donors (Lipinski definition) is 2. The monoisotopic (exact) mass is 381 g/mol. The van der Waals surface area contributed by atoms with Crippen LogP contribution < -0.4 is 0 Å². The van der Waals surface area contributed by atoms with E-state index < -0.39 is 17.3 Å². The Morgan fingerprint density at radius 3 is 2.43 bits per heavy atom. The van der Waals surface area contributed by atoms with Crippen molar-refractivity contribution in [2.75, 3.05) is 19.7 Å². The van der Waals surface area contributed by atoms with Gasteiger partial charge >= 0.3 is 0 Å². The van der Waals surface area contributed by atoms with E-state index >= 15 is 0 Å². The standard InChI is InChI=1S/C23H27NO4/c1-22(27)16-23(28-15-20(22)25)10-12-24(13-11-23)21(26)19-9-5-8-18(14-19)17-6-3-2-4-7-17/h2-9,14,20,25,27H,10-13,15-16H2,1H3/t20-,22-/m0/s1. The molecule has 2 atom stereocenters. The molecule has 0 radical (unpaired) electrons. The topological polar surface area (TPSA) is 70.0 Å². The fraction of sp³-hybridized carbons (Fsp3) is 0.435. The van der Waals surface area contributed by atoms with Crippen molar-refractivity contribution in [3.05, 3.63) is 60.2 Å². The Balaban J connectivity index is 1.45. The van der Waals surface area contributed by atoms with E-state index in [0.29, 0.717) is 37.9 Å². The quantitative estimate of drug-likeness (QED) is 0.839. The maximum absolute atomic E-state index is 13.0. The summed E-state index contributed by atoms with van der Waals surface area (Å²) in [5.41, 5.74) is 1.20. The van der Waals surface area contributed by atoms with Gasteiger partial charge in [-0.3, -0.25) is 4.79 Å². The third-order valence-electron chi connectivity index (χ3n) is 6.12. The maximum Gasteiger partial charge on any atom is 0.253 e. The Kier molecular flexibility index (Phi) is 5.00. The molecule has 2 heterocycles. The van der Waals surface area contributed by atoms with E-state index in [4.69, 9.17) is 4.74 Å². The van der Waals surface area contributed by atoms with Crippen LogP contribution in [0, 0.1) is 0 Å². The van der Waals surface area contributed by atoms with Crippen molar-refractivity contribution in [1.29, 1.82) is 0 Å². The van der Waals surface area contributed by atoms with E-state index in [1.807, 2.05) is 59.5 Å². The van der Waals surface area contributed by atoms with E-state index in [1.165, 1.54) is 0 Å². The van der Waals surface area contributed by atoms with Crippen molar-refractivity contribution < 1.29 is 19.7 Å². The first-order valence-corrected chi connectivity index (χ1v) is 9.88. The van der Waals surface area contributed by atoms with Gasteiger partial charge in [-0.15, -0.1) is 0 Å². The molecule has 0 aliphatic carbocycles. The Morgan fingerprint density at radius 1 is 1.07 bits per heavy atom. The number of hydrogen-bond acceptors (Lipinski definition) is 4. The van der Waals surface area contributed by atoms with Gasteiger partial charge in [-0.25, -0.2) is 0 Å². The highest BCUT2D eigenvalue weighted by Gasteiger charge is 2.49. The molecule has 2 aromatic carbocycles. The zero-order chi connectivity index (χ0) is 19.8. The third kappa shape index (κ3) is 3.70. The van der Waals surface area contributed by atoms with Crippen LogP contribution in [0.4, 0.5) is 0 Å². The fourth-order valence-corrected chi connectivity index (χ4v) is 4.34. The van der Waals surface area contributed by atoms with Crippen molar-refractivity contribution in [1.82, 2.24) is 4.90 Å². The number of nitrogens with zero attached hydrogens (tertiary/aromatic N) is 1. The van der Waals surface area contributed by atoms with Gasteiger partial charge in [0.25, 0.3) is 5.91 Å². The lowest BCUT2D eigenvalue weighted by molar-refractivity contribution is -0.221. The molecule has 2 N–H and O–H groups in total. The molecule has 4 rings (SSSR count). The highest BCUT2D eigenvalue weighted by molar-refractivity contribution is 5.95. The molecule has 148 valence electrons. The molecule has 1 amide bonds. The van der Waals surface area contributed by atoms with Gasteiger partial charge in [-0.1, -0.05) is 42.5 Å². The molecule has 1 spiro atoms. The van der Waals surface area contributed by atoms with Crippen LogP contribution in [0.1, 0.15) is 36.5 Å². The summed E-state index contributed by atoms with van der Waals surface area (Å²) in [7, 11) is 0. The van der Waals surface area contributed by atoms with Crippen LogP contribution in [-0.2, 0) is 4.74 Å². The normalized spacial score (nSPS) is 27.0. The highest BCUT2D eigenvalue weighted by atomic mass is 16.5. The van der Waals surface area contributed by atoms with Crippen LogP contribution in [0.2, 0.25) is 0 Å². The summed E-state index contributed by atoms with van der Waals surface area (Å²) < 4.78 is 5.92. The summed E-state index contributed by atoms with van der Waals surface area (Å²) in [5.74, 6) is 0.0234. The molecule has 2 fully saturated rings. The van der Waals surface area contributed by atoms with E-state index in [2.05, 4.69) is 0 Å². The number of likely N-dealkylation sites (tertiary alicyclic amines) is 1. The number of ether oxygens (including phenoxy) is 1. The fourth-order valence-electron chi connectivity index (χ4n) is 4.34. The van der Waals surface area contributed by atoms with Crippen LogP contribution in [0.5, 0.6) is 0 Å². The lowest BCUT2D eigenvalue weighted by Crippen LogP contribution is -2.59. The molecule has 5 heteroatoms. The lowest BCUT2D eigenvalue weighted by Gasteiger charge is -2.49. The first-order valence-electron chi connectivity index (χ1n) is 9.88.